The van der Waals surface area contributed by atoms with Crippen molar-refractivity contribution in [1.29, 1.82) is 0 Å². The molecule has 2 heterocycles. The Kier molecular flexibility index (Phi) is 2.68. The highest BCUT2D eigenvalue weighted by molar-refractivity contribution is 7.11. The summed E-state index contributed by atoms with van der Waals surface area (Å²) in [5, 5.41) is 2.01. The molecule has 0 saturated carbocycles. The molecule has 0 fully saturated rings. The minimum atomic E-state index is 0.281. The van der Waals surface area contributed by atoms with Crippen molar-refractivity contribution < 1.29 is 9.53 Å². The van der Waals surface area contributed by atoms with Crippen LogP contribution in [0.25, 0.3) is 5.57 Å². The molecule has 0 N–H and O–H groups in total. The van der Waals surface area contributed by atoms with E-state index in [1.165, 1.54) is 11.1 Å². The lowest BCUT2D eigenvalue weighted by atomic mass is 9.84. The normalized spacial score (nSPS) is 23.9. The summed E-state index contributed by atoms with van der Waals surface area (Å²) in [6, 6.07) is 1.95. The molecule has 17 heavy (non-hydrogen) atoms. The third-order valence-corrected chi connectivity index (χ3v) is 4.65. The Bertz CT molecular complexity index is 496. The van der Waals surface area contributed by atoms with E-state index in [1.807, 2.05) is 11.4 Å². The Balaban J connectivity index is 1.99. The lowest BCUT2D eigenvalue weighted by molar-refractivity contribution is 0.0351. The molecular formula is C14H16O2S. The van der Waals surface area contributed by atoms with E-state index in [1.54, 1.807) is 11.3 Å². The number of thiophene rings is 1. The van der Waals surface area contributed by atoms with Crippen LogP contribution in [0.1, 0.15) is 41.9 Å². The van der Waals surface area contributed by atoms with Gasteiger partial charge < -0.3 is 4.74 Å². The van der Waals surface area contributed by atoms with Crippen molar-refractivity contribution >= 4 is 22.7 Å². The third kappa shape index (κ3) is 1.78. The summed E-state index contributed by atoms with van der Waals surface area (Å²) in [6.45, 7) is 5.04. The first-order valence-electron chi connectivity index (χ1n) is 6.10. The van der Waals surface area contributed by atoms with E-state index in [2.05, 4.69) is 13.8 Å². The quantitative estimate of drug-likeness (QED) is 0.760. The van der Waals surface area contributed by atoms with Crippen molar-refractivity contribution in [3.8, 4) is 0 Å². The predicted molar refractivity (Wildman–Crippen MR) is 69.4 cm³/mol. The molecule has 2 aliphatic rings. The first kappa shape index (κ1) is 11.2. The SMILES string of the molecule is CC(C)C1CC2=C(CO1)c1sccc1C(=O)C2. The van der Waals surface area contributed by atoms with Crippen molar-refractivity contribution in [3.05, 3.63) is 27.5 Å². The lowest BCUT2D eigenvalue weighted by Gasteiger charge is -2.32. The zero-order chi connectivity index (χ0) is 12.0. The van der Waals surface area contributed by atoms with Gasteiger partial charge in [-0.25, -0.2) is 0 Å². The van der Waals surface area contributed by atoms with Crippen LogP contribution in [0, 0.1) is 5.92 Å². The zero-order valence-electron chi connectivity index (χ0n) is 10.2. The highest BCUT2D eigenvalue weighted by Gasteiger charge is 2.31. The molecule has 1 aromatic heterocycles. The fourth-order valence-electron chi connectivity index (χ4n) is 2.60. The van der Waals surface area contributed by atoms with Gasteiger partial charge in [-0.1, -0.05) is 19.4 Å². The molecule has 0 amide bonds. The number of hydrogen-bond donors (Lipinski definition) is 0. The minimum absolute atomic E-state index is 0.281. The molecule has 3 heteroatoms. The van der Waals surface area contributed by atoms with Crippen LogP contribution < -0.4 is 0 Å². The van der Waals surface area contributed by atoms with Gasteiger partial charge in [0, 0.05) is 16.9 Å². The van der Waals surface area contributed by atoms with Crippen LogP contribution in [0.3, 0.4) is 0 Å². The molecule has 1 aliphatic carbocycles. The molecule has 0 spiro atoms. The van der Waals surface area contributed by atoms with Gasteiger partial charge >= 0.3 is 0 Å². The number of ketones is 1. The van der Waals surface area contributed by atoms with E-state index in [4.69, 9.17) is 4.74 Å². The summed E-state index contributed by atoms with van der Waals surface area (Å²) in [5.74, 6) is 0.799. The van der Waals surface area contributed by atoms with Crippen molar-refractivity contribution in [2.75, 3.05) is 6.61 Å². The minimum Gasteiger partial charge on any atom is -0.373 e. The first-order chi connectivity index (χ1) is 8.16. The van der Waals surface area contributed by atoms with Gasteiger partial charge in [0.1, 0.15) is 0 Å². The number of rotatable bonds is 1. The van der Waals surface area contributed by atoms with Gasteiger partial charge in [0.15, 0.2) is 5.78 Å². The summed E-state index contributed by atoms with van der Waals surface area (Å²) in [5.41, 5.74) is 3.50. The fraction of sp³-hybridized carbons (Fsp3) is 0.500. The summed E-state index contributed by atoms with van der Waals surface area (Å²) in [7, 11) is 0. The molecule has 1 unspecified atom stereocenters. The molecule has 0 bridgehead atoms. The topological polar surface area (TPSA) is 26.3 Å². The van der Waals surface area contributed by atoms with E-state index in [0.717, 1.165) is 16.9 Å². The van der Waals surface area contributed by atoms with Crippen LogP contribution in [0.15, 0.2) is 17.0 Å². The molecule has 3 rings (SSSR count). The van der Waals surface area contributed by atoms with E-state index < -0.39 is 0 Å². The van der Waals surface area contributed by atoms with Crippen LogP contribution in [-0.2, 0) is 4.74 Å². The number of hydrogen-bond acceptors (Lipinski definition) is 3. The van der Waals surface area contributed by atoms with Crippen molar-refractivity contribution in [3.63, 3.8) is 0 Å². The number of carbonyl (C=O) groups excluding carboxylic acids is 1. The average Bonchev–Trinajstić information content (AvgIpc) is 2.78. The van der Waals surface area contributed by atoms with Gasteiger partial charge in [0.2, 0.25) is 0 Å². The maximum absolute atomic E-state index is 12.0. The summed E-state index contributed by atoms with van der Waals surface area (Å²) in [6.07, 6.45) is 1.81. The Morgan fingerprint density at radius 3 is 3.06 bits per heavy atom. The molecule has 1 aromatic rings. The highest BCUT2D eigenvalue weighted by atomic mass is 32.1. The Morgan fingerprint density at radius 1 is 1.47 bits per heavy atom. The standard InChI is InChI=1S/C14H16O2S/c1-8(2)13-6-9-5-12(15)10-3-4-17-14(10)11(9)7-16-13/h3-4,8,13H,5-7H2,1-2H3. The van der Waals surface area contributed by atoms with Crippen molar-refractivity contribution in [1.82, 2.24) is 0 Å². The second-order valence-corrected chi connectivity index (χ2v) is 6.06. The first-order valence-corrected chi connectivity index (χ1v) is 6.98. The monoisotopic (exact) mass is 248 g/mol. The molecule has 1 atom stereocenters. The number of ether oxygens (including phenoxy) is 1. The number of fused-ring (bicyclic) bond motifs is 2. The largest absolute Gasteiger partial charge is 0.373 e. The molecule has 0 aromatic carbocycles. The number of carbonyl (C=O) groups is 1. The van der Waals surface area contributed by atoms with E-state index >= 15 is 0 Å². The molecule has 0 radical (unpaired) electrons. The van der Waals surface area contributed by atoms with Gasteiger partial charge in [-0.15, -0.1) is 11.3 Å². The van der Waals surface area contributed by atoms with E-state index in [-0.39, 0.29) is 11.9 Å². The van der Waals surface area contributed by atoms with Gasteiger partial charge in [0.25, 0.3) is 0 Å². The smallest absolute Gasteiger partial charge is 0.168 e. The van der Waals surface area contributed by atoms with Crippen LogP contribution >= 0.6 is 11.3 Å². The average molecular weight is 248 g/mol. The third-order valence-electron chi connectivity index (χ3n) is 3.67. The predicted octanol–water partition coefficient (Wildman–Crippen LogP) is 3.53. The van der Waals surface area contributed by atoms with Crippen LogP contribution in [0.2, 0.25) is 0 Å². The van der Waals surface area contributed by atoms with Crippen LogP contribution in [0.4, 0.5) is 0 Å². The molecule has 0 saturated heterocycles. The Labute approximate surface area is 105 Å². The zero-order valence-corrected chi connectivity index (χ0v) is 11.0. The highest BCUT2D eigenvalue weighted by Crippen LogP contribution is 2.40. The molecular weight excluding hydrogens is 232 g/mol. The summed E-state index contributed by atoms with van der Waals surface area (Å²) in [4.78, 5) is 13.2. The molecule has 90 valence electrons. The maximum Gasteiger partial charge on any atom is 0.168 e. The lowest BCUT2D eigenvalue weighted by Crippen LogP contribution is -2.28. The van der Waals surface area contributed by atoms with Gasteiger partial charge in [-0.05, 0) is 29.4 Å². The van der Waals surface area contributed by atoms with Gasteiger partial charge in [0.05, 0.1) is 12.7 Å². The van der Waals surface area contributed by atoms with Crippen molar-refractivity contribution in [2.24, 2.45) is 5.92 Å². The molecule has 2 nitrogen and oxygen atoms in total. The fourth-order valence-corrected chi connectivity index (χ4v) is 3.60. The maximum atomic E-state index is 12.0. The van der Waals surface area contributed by atoms with Crippen molar-refractivity contribution in [2.45, 2.75) is 32.8 Å². The van der Waals surface area contributed by atoms with E-state index in [9.17, 15) is 4.79 Å². The van der Waals surface area contributed by atoms with Crippen LogP contribution in [0.5, 0.6) is 0 Å². The van der Waals surface area contributed by atoms with Gasteiger partial charge in [-0.2, -0.15) is 0 Å². The second-order valence-electron chi connectivity index (χ2n) is 5.14. The number of Topliss-reactive ketones (excluding diaryl/α,β-unsaturated/α-hetero) is 1. The van der Waals surface area contributed by atoms with Crippen LogP contribution in [-0.4, -0.2) is 18.5 Å². The summed E-state index contributed by atoms with van der Waals surface area (Å²) >= 11 is 1.67. The molecule has 1 aliphatic heterocycles. The Morgan fingerprint density at radius 2 is 2.29 bits per heavy atom. The second kappa shape index (κ2) is 4.07. The Hall–Kier alpha value is -0.930. The van der Waals surface area contributed by atoms with Gasteiger partial charge in [-0.3, -0.25) is 4.79 Å². The van der Waals surface area contributed by atoms with E-state index in [0.29, 0.717) is 18.9 Å². The summed E-state index contributed by atoms with van der Waals surface area (Å²) < 4.78 is 5.91.